The van der Waals surface area contributed by atoms with Gasteiger partial charge >= 0.3 is 0 Å². The fourth-order valence-electron chi connectivity index (χ4n) is 2.06. The maximum absolute atomic E-state index is 12.9. The Bertz CT molecular complexity index is 968. The van der Waals surface area contributed by atoms with Gasteiger partial charge in [0.2, 0.25) is 24.0 Å². The van der Waals surface area contributed by atoms with E-state index in [0.717, 1.165) is 30.6 Å². The van der Waals surface area contributed by atoms with Crippen molar-refractivity contribution in [3.63, 3.8) is 0 Å². The first-order valence-electron chi connectivity index (χ1n) is 7.62. The van der Waals surface area contributed by atoms with Crippen LogP contribution in [0.3, 0.4) is 0 Å². The lowest BCUT2D eigenvalue weighted by Crippen LogP contribution is -2.16. The van der Waals surface area contributed by atoms with Gasteiger partial charge in [-0.25, -0.2) is 21.8 Å². The maximum Gasteiger partial charge on any atom is 0.226 e. The minimum atomic E-state index is -3.98. The molecule has 0 fully saturated rings. The molecule has 2 rings (SSSR count). The van der Waals surface area contributed by atoms with Crippen molar-refractivity contribution in [1.82, 2.24) is 9.88 Å². The van der Waals surface area contributed by atoms with Crippen LogP contribution in [0.15, 0.2) is 38.5 Å². The van der Waals surface area contributed by atoms with Gasteiger partial charge in [-0.05, 0) is 51.3 Å². The second-order valence-corrected chi connectivity index (χ2v) is 11.4. The lowest BCUT2D eigenvalue weighted by atomic mass is 10.4. The molecule has 0 radical (unpaired) electrons. The largest absolute Gasteiger partial charge is 0.374 e. The average Bonchev–Trinajstić information content (AvgIpc) is 2.97. The number of nitrogens with one attached hydrogen (secondary N) is 1. The number of hydrogen-bond acceptors (Lipinski definition) is 8. The van der Waals surface area contributed by atoms with Crippen molar-refractivity contribution in [2.45, 2.75) is 20.7 Å². The predicted octanol–water partition coefficient (Wildman–Crippen LogP) is 2.40. The van der Waals surface area contributed by atoms with Gasteiger partial charge in [0.15, 0.2) is 5.03 Å². The van der Waals surface area contributed by atoms with Crippen LogP contribution in [-0.2, 0) is 19.7 Å². The highest BCUT2D eigenvalue weighted by Crippen LogP contribution is 2.34. The SMILES string of the molecule is CN(C)CCCNc1sc(S(C)(=O)=O)nc1S(=O)(=O)c1ccc(Cl)cc1. The van der Waals surface area contributed by atoms with Crippen molar-refractivity contribution < 1.29 is 16.8 Å². The van der Waals surface area contributed by atoms with Crippen LogP contribution in [0, 0.1) is 0 Å². The number of anilines is 1. The zero-order valence-electron chi connectivity index (χ0n) is 14.6. The van der Waals surface area contributed by atoms with Gasteiger partial charge in [-0.15, -0.1) is 0 Å². The maximum atomic E-state index is 12.9. The summed E-state index contributed by atoms with van der Waals surface area (Å²) < 4.78 is 49.2. The first-order valence-corrected chi connectivity index (χ1v) is 12.2. The first-order chi connectivity index (χ1) is 12.0. The highest BCUT2D eigenvalue weighted by molar-refractivity contribution is 7.93. The number of hydrogen-bond donors (Lipinski definition) is 1. The Hall–Kier alpha value is -1.20. The molecule has 0 unspecified atom stereocenters. The molecular weight excluding hydrogens is 418 g/mol. The van der Waals surface area contributed by atoms with E-state index in [1.54, 1.807) is 0 Å². The van der Waals surface area contributed by atoms with Gasteiger partial charge in [0.05, 0.1) is 4.90 Å². The van der Waals surface area contributed by atoms with Gasteiger partial charge in [0.1, 0.15) is 5.00 Å². The molecule has 26 heavy (non-hydrogen) atoms. The molecule has 11 heteroatoms. The van der Waals surface area contributed by atoms with Crippen molar-refractivity contribution in [3.05, 3.63) is 29.3 Å². The van der Waals surface area contributed by atoms with Crippen LogP contribution in [0.4, 0.5) is 5.00 Å². The number of aromatic nitrogens is 1. The van der Waals surface area contributed by atoms with Crippen molar-refractivity contribution in [1.29, 1.82) is 0 Å². The van der Waals surface area contributed by atoms with Crippen molar-refractivity contribution in [2.75, 3.05) is 38.8 Å². The molecule has 0 saturated heterocycles. The van der Waals surface area contributed by atoms with E-state index in [0.29, 0.717) is 11.6 Å². The fraction of sp³-hybridized carbons (Fsp3) is 0.400. The third-order valence-corrected chi connectivity index (χ3v) is 8.11. The summed E-state index contributed by atoms with van der Waals surface area (Å²) >= 11 is 6.63. The van der Waals surface area contributed by atoms with Gasteiger partial charge in [-0.2, -0.15) is 0 Å². The second kappa shape index (κ2) is 8.22. The van der Waals surface area contributed by atoms with Gasteiger partial charge < -0.3 is 10.2 Å². The van der Waals surface area contributed by atoms with Crippen molar-refractivity contribution in [2.24, 2.45) is 0 Å². The molecule has 1 aromatic carbocycles. The van der Waals surface area contributed by atoms with E-state index in [-0.39, 0.29) is 19.3 Å². The molecule has 144 valence electrons. The van der Waals surface area contributed by atoms with Gasteiger partial charge in [0.25, 0.3) is 0 Å². The standard InChI is InChI=1S/C15H20ClN3O4S3/c1-19(2)10-4-9-17-13-14(18-15(24-13)25(3,20)21)26(22,23)12-7-5-11(16)6-8-12/h5-8,17H,4,9-10H2,1-3H3. The molecule has 0 amide bonds. The quantitative estimate of drug-likeness (QED) is 0.633. The Kier molecular flexibility index (Phi) is 6.67. The summed E-state index contributed by atoms with van der Waals surface area (Å²) in [6.45, 7) is 1.30. The molecule has 7 nitrogen and oxygen atoms in total. The third-order valence-electron chi connectivity index (χ3n) is 3.34. The first kappa shape index (κ1) is 21.1. The second-order valence-electron chi connectivity index (χ2n) is 5.93. The van der Waals surface area contributed by atoms with Crippen LogP contribution in [0.5, 0.6) is 0 Å². The zero-order chi connectivity index (χ0) is 19.5. The van der Waals surface area contributed by atoms with Crippen molar-refractivity contribution >= 4 is 47.6 Å². The van der Waals surface area contributed by atoms with Gasteiger partial charge in [-0.3, -0.25) is 0 Å². The van der Waals surface area contributed by atoms with Crippen LogP contribution in [-0.4, -0.2) is 60.2 Å². The Morgan fingerprint density at radius 3 is 2.31 bits per heavy atom. The summed E-state index contributed by atoms with van der Waals surface area (Å²) in [6, 6.07) is 5.66. The van der Waals surface area contributed by atoms with E-state index in [1.807, 2.05) is 19.0 Å². The van der Waals surface area contributed by atoms with E-state index in [2.05, 4.69) is 10.3 Å². The molecule has 0 aliphatic carbocycles. The molecule has 0 saturated carbocycles. The van der Waals surface area contributed by atoms with Crippen molar-refractivity contribution in [3.8, 4) is 0 Å². The number of benzene rings is 1. The van der Waals surface area contributed by atoms with E-state index in [1.165, 1.54) is 24.3 Å². The molecule has 0 atom stereocenters. The normalized spacial score (nSPS) is 12.5. The molecule has 1 N–H and O–H groups in total. The molecule has 1 heterocycles. The zero-order valence-corrected chi connectivity index (χ0v) is 17.8. The number of rotatable bonds is 8. The molecule has 0 aliphatic rings. The van der Waals surface area contributed by atoms with Crippen LogP contribution >= 0.6 is 22.9 Å². The van der Waals surface area contributed by atoms with E-state index in [4.69, 9.17) is 11.6 Å². The Labute approximate surface area is 162 Å². The minimum Gasteiger partial charge on any atom is -0.374 e. The summed E-state index contributed by atoms with van der Waals surface area (Å²) in [6.07, 6.45) is 1.76. The molecule has 0 spiro atoms. The molecule has 0 aliphatic heterocycles. The number of halogens is 1. The Balaban J connectivity index is 2.41. The number of thiazole rings is 1. The highest BCUT2D eigenvalue weighted by Gasteiger charge is 2.29. The predicted molar refractivity (Wildman–Crippen MR) is 104 cm³/mol. The van der Waals surface area contributed by atoms with Crippen LogP contribution in [0.2, 0.25) is 5.02 Å². The topological polar surface area (TPSA) is 96.4 Å². The summed E-state index contributed by atoms with van der Waals surface area (Å²) in [4.78, 5) is 5.91. The summed E-state index contributed by atoms with van der Waals surface area (Å²) in [5, 5.41) is 3.35. The van der Waals surface area contributed by atoms with Gasteiger partial charge in [0, 0.05) is 17.8 Å². The highest BCUT2D eigenvalue weighted by atomic mass is 35.5. The van der Waals surface area contributed by atoms with Crippen LogP contribution < -0.4 is 5.32 Å². The molecule has 2 aromatic rings. The van der Waals surface area contributed by atoms with Crippen LogP contribution in [0.25, 0.3) is 0 Å². The lowest BCUT2D eigenvalue weighted by molar-refractivity contribution is 0.405. The van der Waals surface area contributed by atoms with Crippen LogP contribution in [0.1, 0.15) is 6.42 Å². The number of nitrogens with zero attached hydrogens (tertiary/aromatic N) is 2. The third kappa shape index (κ3) is 5.17. The van der Waals surface area contributed by atoms with E-state index in [9.17, 15) is 16.8 Å². The molecular formula is C15H20ClN3O4S3. The monoisotopic (exact) mass is 437 g/mol. The summed E-state index contributed by atoms with van der Waals surface area (Å²) in [5.74, 6) is 0. The fourth-order valence-corrected chi connectivity index (χ4v) is 5.73. The summed E-state index contributed by atoms with van der Waals surface area (Å²) in [7, 11) is -3.73. The Morgan fingerprint density at radius 2 is 1.77 bits per heavy atom. The van der Waals surface area contributed by atoms with E-state index < -0.39 is 19.7 Å². The minimum absolute atomic E-state index is 0.00333. The molecule has 0 bridgehead atoms. The van der Waals surface area contributed by atoms with E-state index >= 15 is 0 Å². The Morgan fingerprint density at radius 1 is 1.15 bits per heavy atom. The smallest absolute Gasteiger partial charge is 0.226 e. The molecule has 1 aromatic heterocycles. The van der Waals surface area contributed by atoms with Gasteiger partial charge in [-0.1, -0.05) is 22.9 Å². The average molecular weight is 438 g/mol. The number of sulfone groups is 2. The summed E-state index contributed by atoms with van der Waals surface area (Å²) in [5.41, 5.74) is 0. The lowest BCUT2D eigenvalue weighted by Gasteiger charge is -2.10.